The van der Waals surface area contributed by atoms with Crippen LogP contribution in [0.5, 0.6) is 0 Å². The maximum atomic E-state index is 13.2. The SMILES string of the molecule is C=NC(N)=Nc1ccc(SNCCOC/C(N)=C/N(N)CCOCCOCCNc2cccc(C(=O)N(C=O)C(CCC=O)C(=O)NC)c2C)cc1. The van der Waals surface area contributed by atoms with Gasteiger partial charge in [0.15, 0.2) is 0 Å². The predicted octanol–water partition coefficient (Wildman–Crippen LogP) is 1.07. The van der Waals surface area contributed by atoms with Crippen LogP contribution < -0.4 is 32.7 Å². The lowest BCUT2D eigenvalue weighted by Gasteiger charge is -2.26. The number of aliphatic imine (C=N–C) groups is 2. The molecule has 2 aromatic rings. The summed E-state index contributed by atoms with van der Waals surface area (Å²) >= 11 is 1.46. The highest BCUT2D eigenvalue weighted by atomic mass is 32.2. The molecule has 0 spiro atoms. The molecule has 0 aliphatic rings. The average molecular weight is 743 g/mol. The van der Waals surface area contributed by atoms with Crippen molar-refractivity contribution in [2.24, 2.45) is 27.3 Å². The smallest absolute Gasteiger partial charge is 0.261 e. The van der Waals surface area contributed by atoms with E-state index >= 15 is 0 Å². The fraction of sp³-hybridized carbons (Fsp3) is 0.412. The Balaban J connectivity index is 1.59. The van der Waals surface area contributed by atoms with E-state index in [-0.39, 0.29) is 31.0 Å². The number of aldehydes is 1. The van der Waals surface area contributed by atoms with Crippen molar-refractivity contribution in [1.29, 1.82) is 0 Å². The molecule has 3 amide bonds. The molecule has 0 radical (unpaired) electrons. The molecule has 0 heterocycles. The van der Waals surface area contributed by atoms with Crippen LogP contribution in [0.25, 0.3) is 0 Å². The van der Waals surface area contributed by atoms with Gasteiger partial charge in [-0.1, -0.05) is 6.07 Å². The number of hydrogen-bond donors (Lipinski definition) is 6. The third-order valence-corrected chi connectivity index (χ3v) is 8.02. The van der Waals surface area contributed by atoms with Gasteiger partial charge in [-0.15, -0.1) is 0 Å². The number of likely N-dealkylation sites (N-methyl/N-ethyl adjacent to an activating group) is 1. The zero-order valence-electron chi connectivity index (χ0n) is 29.6. The summed E-state index contributed by atoms with van der Waals surface area (Å²) in [7, 11) is 1.40. The summed E-state index contributed by atoms with van der Waals surface area (Å²) in [6.07, 6.45) is 2.61. The van der Waals surface area contributed by atoms with Gasteiger partial charge >= 0.3 is 0 Å². The zero-order chi connectivity index (χ0) is 38.1. The van der Waals surface area contributed by atoms with E-state index < -0.39 is 17.9 Å². The van der Waals surface area contributed by atoms with Crippen LogP contribution in [0.1, 0.15) is 28.8 Å². The van der Waals surface area contributed by atoms with Crippen LogP contribution in [-0.2, 0) is 28.6 Å². The van der Waals surface area contributed by atoms with Crippen LogP contribution in [0.15, 0.2) is 69.2 Å². The first kappa shape index (κ1) is 43.3. The number of carbonyl (C=O) groups excluding carboxylic acids is 4. The molecule has 0 aliphatic carbocycles. The molecule has 2 rings (SSSR count). The van der Waals surface area contributed by atoms with Gasteiger partial charge in [0, 0.05) is 48.9 Å². The molecule has 284 valence electrons. The summed E-state index contributed by atoms with van der Waals surface area (Å²) in [5.74, 6) is 4.93. The van der Waals surface area contributed by atoms with E-state index in [9.17, 15) is 19.2 Å². The Morgan fingerprint density at radius 1 is 1.00 bits per heavy atom. The number of nitrogens with zero attached hydrogens (tertiary/aromatic N) is 4. The van der Waals surface area contributed by atoms with E-state index in [1.165, 1.54) is 24.0 Å². The summed E-state index contributed by atoms with van der Waals surface area (Å²) < 4.78 is 20.0. The van der Waals surface area contributed by atoms with Crippen LogP contribution >= 0.6 is 11.9 Å². The van der Waals surface area contributed by atoms with Gasteiger partial charge in [-0.05, 0) is 74.0 Å². The lowest BCUT2D eigenvalue weighted by molar-refractivity contribution is -0.131. The van der Waals surface area contributed by atoms with Gasteiger partial charge in [0.05, 0.1) is 57.6 Å². The molecule has 0 aliphatic heterocycles. The molecule has 1 atom stereocenters. The highest BCUT2D eigenvalue weighted by Gasteiger charge is 2.30. The summed E-state index contributed by atoms with van der Waals surface area (Å²) in [6.45, 7) is 8.68. The molecule has 9 N–H and O–H groups in total. The van der Waals surface area contributed by atoms with E-state index in [1.54, 1.807) is 31.3 Å². The Morgan fingerprint density at radius 3 is 2.38 bits per heavy atom. The topological polar surface area (TPSA) is 241 Å². The van der Waals surface area contributed by atoms with Gasteiger partial charge in [0.1, 0.15) is 12.3 Å². The fourth-order valence-electron chi connectivity index (χ4n) is 4.51. The molecule has 17 nitrogen and oxygen atoms in total. The quantitative estimate of drug-likeness (QED) is 0.0150. The molecule has 52 heavy (non-hydrogen) atoms. The maximum absolute atomic E-state index is 13.2. The van der Waals surface area contributed by atoms with E-state index in [1.807, 2.05) is 24.3 Å². The zero-order valence-corrected chi connectivity index (χ0v) is 30.4. The van der Waals surface area contributed by atoms with Crippen molar-refractivity contribution in [1.82, 2.24) is 19.9 Å². The summed E-state index contributed by atoms with van der Waals surface area (Å²) in [5.41, 5.74) is 14.3. The number of guanidine groups is 1. The van der Waals surface area contributed by atoms with Crippen LogP contribution in [0, 0.1) is 6.92 Å². The Hall–Kier alpha value is -4.85. The fourth-order valence-corrected chi connectivity index (χ4v) is 5.13. The largest absolute Gasteiger partial charge is 0.399 e. The number of nitrogens with two attached hydrogens (primary N) is 3. The first-order chi connectivity index (χ1) is 25.1. The molecule has 0 aromatic heterocycles. The Morgan fingerprint density at radius 2 is 1.71 bits per heavy atom. The number of benzene rings is 2. The van der Waals surface area contributed by atoms with E-state index in [4.69, 9.17) is 31.5 Å². The highest BCUT2D eigenvalue weighted by Crippen LogP contribution is 2.22. The van der Waals surface area contributed by atoms with Crippen molar-refractivity contribution in [3.63, 3.8) is 0 Å². The molecule has 0 saturated heterocycles. The second-order valence-electron chi connectivity index (χ2n) is 10.9. The Kier molecular flexibility index (Phi) is 21.0. The minimum atomic E-state index is -1.10. The van der Waals surface area contributed by atoms with Gasteiger partial charge in [-0.2, -0.15) is 0 Å². The number of imide groups is 1. The van der Waals surface area contributed by atoms with Gasteiger partial charge in [-0.3, -0.25) is 24.0 Å². The average Bonchev–Trinajstić information content (AvgIpc) is 3.14. The number of hydrazine groups is 1. The first-order valence-corrected chi connectivity index (χ1v) is 17.2. The molecule has 1 unspecified atom stereocenters. The number of hydrogen-bond acceptors (Lipinski definition) is 14. The number of ether oxygens (including phenoxy) is 3. The Labute approximate surface area is 308 Å². The minimum absolute atomic E-state index is 0.0251. The maximum Gasteiger partial charge on any atom is 0.261 e. The van der Waals surface area contributed by atoms with Gasteiger partial charge in [-0.25, -0.2) is 15.8 Å². The molecule has 0 bridgehead atoms. The van der Waals surface area contributed by atoms with Gasteiger partial charge in [0.25, 0.3) is 5.91 Å². The number of rotatable bonds is 26. The number of nitrogens with one attached hydrogen (secondary N) is 3. The lowest BCUT2D eigenvalue weighted by atomic mass is 10.0. The van der Waals surface area contributed by atoms with Crippen molar-refractivity contribution in [2.75, 3.05) is 71.6 Å². The van der Waals surface area contributed by atoms with Crippen LogP contribution in [-0.4, -0.2) is 119 Å². The molecule has 0 saturated carbocycles. The van der Waals surface area contributed by atoms with E-state index in [0.29, 0.717) is 88.0 Å². The van der Waals surface area contributed by atoms with Crippen molar-refractivity contribution in [2.45, 2.75) is 30.7 Å². The van der Waals surface area contributed by atoms with Crippen LogP contribution in [0.2, 0.25) is 0 Å². The third kappa shape index (κ3) is 16.0. The molecular formula is C34H50N10O7S. The third-order valence-electron chi connectivity index (χ3n) is 7.16. The van der Waals surface area contributed by atoms with Crippen molar-refractivity contribution < 1.29 is 33.4 Å². The second kappa shape index (κ2) is 25.2. The normalized spacial score (nSPS) is 12.1. The second-order valence-corrected chi connectivity index (χ2v) is 11.9. The number of anilines is 1. The van der Waals surface area contributed by atoms with Crippen molar-refractivity contribution in [3.8, 4) is 0 Å². The number of carbonyl (C=O) groups is 4. The summed E-state index contributed by atoms with van der Waals surface area (Å²) in [5, 5.41) is 7.09. The summed E-state index contributed by atoms with van der Waals surface area (Å²) in [4.78, 5) is 57.8. The van der Waals surface area contributed by atoms with Crippen LogP contribution in [0.3, 0.4) is 0 Å². The summed E-state index contributed by atoms with van der Waals surface area (Å²) in [6, 6.07) is 11.4. The Bertz CT molecular complexity index is 1490. The van der Waals surface area contributed by atoms with Gasteiger partial charge < -0.3 is 46.1 Å². The van der Waals surface area contributed by atoms with Crippen molar-refractivity contribution in [3.05, 3.63) is 65.5 Å². The lowest BCUT2D eigenvalue weighted by Crippen LogP contribution is -2.48. The molecule has 0 fully saturated rings. The van der Waals surface area contributed by atoms with Gasteiger partial charge in [0.2, 0.25) is 18.3 Å². The highest BCUT2D eigenvalue weighted by molar-refractivity contribution is 7.97. The van der Waals surface area contributed by atoms with Crippen LogP contribution in [0.4, 0.5) is 11.4 Å². The molecule has 2 aromatic carbocycles. The van der Waals surface area contributed by atoms with E-state index in [2.05, 4.69) is 32.1 Å². The number of amides is 3. The monoisotopic (exact) mass is 742 g/mol. The minimum Gasteiger partial charge on any atom is -0.399 e. The van der Waals surface area contributed by atoms with Crippen molar-refractivity contribution >= 4 is 60.5 Å². The molecular weight excluding hydrogens is 693 g/mol. The standard InChI is InChI=1S/C34H50N10O7S/c1-25-29(33(48)44(24-46)31(8-5-16-45)32(47)38-2)6-4-7-30(25)40-13-17-49-20-21-50-19-15-43(37)22-26(35)23-51-18-14-41-52-28-11-9-27(10-12-28)42-34(36)39-3/h4,6-7,9-12,16,22,24,31,40-41H,3,5,8,13-15,17-21,23,35,37H2,1-2H3,(H2,36,42)(H,38,47)/b26-22-. The molecule has 18 heteroatoms. The van der Waals surface area contributed by atoms with E-state index in [0.717, 1.165) is 9.80 Å². The first-order valence-electron chi connectivity index (χ1n) is 16.4. The predicted molar refractivity (Wildman–Crippen MR) is 202 cm³/mol.